The summed E-state index contributed by atoms with van der Waals surface area (Å²) >= 11 is 1.74. The van der Waals surface area contributed by atoms with Gasteiger partial charge in [0.1, 0.15) is 18.1 Å². The van der Waals surface area contributed by atoms with Crippen LogP contribution in [0.25, 0.3) is 20.2 Å². The van der Waals surface area contributed by atoms with Crippen molar-refractivity contribution in [2.75, 3.05) is 30.7 Å². The fraction of sp³-hybridized carbons (Fsp3) is 0.217. The van der Waals surface area contributed by atoms with Crippen LogP contribution in [0.5, 0.6) is 11.5 Å². The normalized spacial score (nSPS) is 12.8. The second-order valence-electron chi connectivity index (χ2n) is 7.48. The van der Waals surface area contributed by atoms with E-state index >= 15 is 0 Å². The Hall–Kier alpha value is -2.85. The summed E-state index contributed by atoms with van der Waals surface area (Å²) in [5.74, 6) is 0.588. The predicted molar refractivity (Wildman–Crippen MR) is 129 cm³/mol. The van der Waals surface area contributed by atoms with Gasteiger partial charge in [0.25, 0.3) is 0 Å². The van der Waals surface area contributed by atoms with Gasteiger partial charge in [-0.3, -0.25) is 4.72 Å². The Kier molecular flexibility index (Phi) is 6.52. The zero-order valence-corrected chi connectivity index (χ0v) is 19.0. The summed E-state index contributed by atoms with van der Waals surface area (Å²) in [7, 11) is -3.54. The quantitative estimate of drug-likeness (QED) is 0.218. The Morgan fingerprint density at radius 3 is 2.62 bits per heavy atom. The van der Waals surface area contributed by atoms with Crippen molar-refractivity contribution in [1.29, 1.82) is 0 Å². The summed E-state index contributed by atoms with van der Waals surface area (Å²) < 4.78 is 33.3. The Bertz CT molecular complexity index is 1350. The first-order valence-corrected chi connectivity index (χ1v) is 12.7. The van der Waals surface area contributed by atoms with Gasteiger partial charge in [0.15, 0.2) is 0 Å². The van der Waals surface area contributed by atoms with E-state index in [1.54, 1.807) is 17.4 Å². The SMILES string of the molecule is CS(=O)(=O)Nc1cc(C(O)CNCCOc2ccc3c(c2)sc2ccccc23)ccc1O. The molecule has 0 aliphatic heterocycles. The number of thiophene rings is 1. The molecule has 4 rings (SSSR count). The lowest BCUT2D eigenvalue weighted by Gasteiger charge is -2.15. The van der Waals surface area contributed by atoms with E-state index in [-0.39, 0.29) is 18.0 Å². The number of sulfonamides is 1. The van der Waals surface area contributed by atoms with Crippen molar-refractivity contribution in [2.45, 2.75) is 6.10 Å². The number of ether oxygens (including phenoxy) is 1. The van der Waals surface area contributed by atoms with Crippen LogP contribution in [-0.2, 0) is 10.0 Å². The molecule has 0 saturated carbocycles. The summed E-state index contributed by atoms with van der Waals surface area (Å²) in [5.41, 5.74) is 0.515. The van der Waals surface area contributed by atoms with Crippen LogP contribution in [0.15, 0.2) is 60.7 Å². The molecule has 0 aliphatic rings. The number of aliphatic hydroxyl groups is 1. The summed E-state index contributed by atoms with van der Waals surface area (Å²) in [6, 6.07) is 18.7. The minimum atomic E-state index is -3.54. The van der Waals surface area contributed by atoms with Gasteiger partial charge in [-0.05, 0) is 42.0 Å². The second kappa shape index (κ2) is 9.33. The van der Waals surface area contributed by atoms with Crippen LogP contribution in [0.2, 0.25) is 0 Å². The number of aliphatic hydroxyl groups excluding tert-OH is 1. The van der Waals surface area contributed by atoms with Crippen LogP contribution in [0.4, 0.5) is 5.69 Å². The van der Waals surface area contributed by atoms with Gasteiger partial charge in [-0.25, -0.2) is 8.42 Å². The lowest BCUT2D eigenvalue weighted by atomic mass is 10.1. The Labute approximate surface area is 190 Å². The average Bonchev–Trinajstić information content (AvgIpc) is 3.11. The number of hydrogen-bond donors (Lipinski definition) is 4. The van der Waals surface area contributed by atoms with Crippen molar-refractivity contribution in [2.24, 2.45) is 0 Å². The number of phenols is 1. The second-order valence-corrected chi connectivity index (χ2v) is 10.3. The number of aromatic hydroxyl groups is 1. The molecule has 0 radical (unpaired) electrons. The van der Waals surface area contributed by atoms with Crippen molar-refractivity contribution in [3.8, 4) is 11.5 Å². The molecule has 32 heavy (non-hydrogen) atoms. The maximum Gasteiger partial charge on any atom is 0.229 e. The summed E-state index contributed by atoms with van der Waals surface area (Å²) in [4.78, 5) is 0. The number of hydrogen-bond acceptors (Lipinski definition) is 7. The molecule has 9 heteroatoms. The Morgan fingerprint density at radius 1 is 1.03 bits per heavy atom. The van der Waals surface area contributed by atoms with Crippen molar-refractivity contribution in [3.63, 3.8) is 0 Å². The highest BCUT2D eigenvalue weighted by Gasteiger charge is 2.13. The van der Waals surface area contributed by atoms with Crippen molar-refractivity contribution in [1.82, 2.24) is 5.32 Å². The minimum Gasteiger partial charge on any atom is -0.506 e. The van der Waals surface area contributed by atoms with Crippen molar-refractivity contribution in [3.05, 3.63) is 66.2 Å². The van der Waals surface area contributed by atoms with E-state index in [0.29, 0.717) is 18.7 Å². The van der Waals surface area contributed by atoms with Gasteiger partial charge in [-0.15, -0.1) is 11.3 Å². The minimum absolute atomic E-state index is 0.0315. The first kappa shape index (κ1) is 22.3. The summed E-state index contributed by atoms with van der Waals surface area (Å²) in [5, 5.41) is 25.8. The van der Waals surface area contributed by atoms with Crippen LogP contribution < -0.4 is 14.8 Å². The predicted octanol–water partition coefficient (Wildman–Crippen LogP) is 3.83. The molecular formula is C23H24N2O5S2. The summed E-state index contributed by atoms with van der Waals surface area (Å²) in [6.07, 6.45) is 0.126. The maximum atomic E-state index is 11.4. The molecule has 0 aliphatic carbocycles. The first-order valence-electron chi connectivity index (χ1n) is 10.0. The molecule has 0 bridgehead atoms. The number of fused-ring (bicyclic) bond motifs is 3. The summed E-state index contributed by atoms with van der Waals surface area (Å²) in [6.45, 7) is 1.20. The number of anilines is 1. The van der Waals surface area contributed by atoms with Gasteiger partial charge in [0.2, 0.25) is 10.0 Å². The number of rotatable bonds is 9. The van der Waals surface area contributed by atoms with E-state index < -0.39 is 16.1 Å². The van der Waals surface area contributed by atoms with Gasteiger partial charge in [0, 0.05) is 33.3 Å². The molecule has 1 heterocycles. The molecule has 4 N–H and O–H groups in total. The maximum absolute atomic E-state index is 11.4. The third-order valence-electron chi connectivity index (χ3n) is 4.94. The van der Waals surface area contributed by atoms with Crippen LogP contribution in [0, 0.1) is 0 Å². The zero-order chi connectivity index (χ0) is 22.7. The van der Waals surface area contributed by atoms with E-state index in [1.807, 2.05) is 24.3 Å². The third kappa shape index (κ3) is 5.31. The van der Waals surface area contributed by atoms with Crippen LogP contribution in [-0.4, -0.2) is 44.6 Å². The average molecular weight is 473 g/mol. The highest BCUT2D eigenvalue weighted by Crippen LogP contribution is 2.35. The Morgan fingerprint density at radius 2 is 1.81 bits per heavy atom. The van der Waals surface area contributed by atoms with E-state index in [0.717, 1.165) is 12.0 Å². The topological polar surface area (TPSA) is 108 Å². The van der Waals surface area contributed by atoms with Crippen LogP contribution in [0.3, 0.4) is 0 Å². The molecule has 3 aromatic carbocycles. The van der Waals surface area contributed by atoms with Crippen LogP contribution in [0.1, 0.15) is 11.7 Å². The molecule has 168 valence electrons. The molecule has 0 amide bonds. The van der Waals surface area contributed by atoms with Crippen molar-refractivity contribution >= 4 is 47.2 Å². The van der Waals surface area contributed by atoms with Crippen LogP contribution >= 0.6 is 11.3 Å². The monoisotopic (exact) mass is 472 g/mol. The fourth-order valence-electron chi connectivity index (χ4n) is 3.44. The van der Waals surface area contributed by atoms with E-state index in [9.17, 15) is 18.6 Å². The van der Waals surface area contributed by atoms with Gasteiger partial charge in [-0.2, -0.15) is 0 Å². The zero-order valence-electron chi connectivity index (χ0n) is 17.4. The highest BCUT2D eigenvalue weighted by molar-refractivity contribution is 7.92. The molecule has 0 fully saturated rings. The molecule has 1 aromatic heterocycles. The number of benzene rings is 3. The first-order chi connectivity index (χ1) is 15.3. The molecule has 0 spiro atoms. The molecule has 1 atom stereocenters. The van der Waals surface area contributed by atoms with Gasteiger partial charge in [-0.1, -0.05) is 24.3 Å². The fourth-order valence-corrected chi connectivity index (χ4v) is 5.13. The largest absolute Gasteiger partial charge is 0.506 e. The molecule has 1 unspecified atom stereocenters. The standard InChI is InChI=1S/C23H24N2O5S2/c1-32(28,29)25-19-12-15(6-9-20(19)26)21(27)14-24-10-11-30-16-7-8-18-17-4-2-3-5-22(17)31-23(18)13-16/h2-9,12-13,21,24-27H,10-11,14H2,1H3. The van der Waals surface area contributed by atoms with Crippen molar-refractivity contribution < 1.29 is 23.4 Å². The van der Waals surface area contributed by atoms with E-state index in [1.165, 1.54) is 32.3 Å². The molecule has 4 aromatic rings. The van der Waals surface area contributed by atoms with Gasteiger partial charge in [0.05, 0.1) is 18.0 Å². The number of nitrogens with one attached hydrogen (secondary N) is 2. The lowest BCUT2D eigenvalue weighted by Crippen LogP contribution is -2.26. The highest BCUT2D eigenvalue weighted by atomic mass is 32.2. The Balaban J connectivity index is 1.29. The third-order valence-corrected chi connectivity index (χ3v) is 6.66. The van der Waals surface area contributed by atoms with E-state index in [4.69, 9.17) is 4.74 Å². The molecule has 0 saturated heterocycles. The molecular weight excluding hydrogens is 448 g/mol. The number of phenolic OH excluding ortho intramolecular Hbond substituents is 1. The van der Waals surface area contributed by atoms with E-state index in [2.05, 4.69) is 28.2 Å². The smallest absolute Gasteiger partial charge is 0.229 e. The van der Waals surface area contributed by atoms with Gasteiger partial charge < -0.3 is 20.3 Å². The van der Waals surface area contributed by atoms with Gasteiger partial charge >= 0.3 is 0 Å². The lowest BCUT2D eigenvalue weighted by molar-refractivity contribution is 0.172. The molecule has 7 nitrogen and oxygen atoms in total.